The highest BCUT2D eigenvalue weighted by atomic mass is 16.5. The smallest absolute Gasteiger partial charge is 0.119 e. The standard InChI is InChI=1S/C13H19NO/c1-13(2)9-14(3)8-10-5-6-11(15-4)7-12(10)13/h5-7H,8-9H2,1-4H3. The lowest BCUT2D eigenvalue weighted by atomic mass is 9.78. The maximum absolute atomic E-state index is 5.29. The van der Waals surface area contributed by atoms with E-state index < -0.39 is 0 Å². The highest BCUT2D eigenvalue weighted by Crippen LogP contribution is 2.34. The van der Waals surface area contributed by atoms with Gasteiger partial charge in [-0.05, 0) is 30.3 Å². The first-order chi connectivity index (χ1) is 7.03. The molecular weight excluding hydrogens is 186 g/mol. The second-order valence-electron chi connectivity index (χ2n) is 5.08. The van der Waals surface area contributed by atoms with Crippen molar-refractivity contribution in [2.45, 2.75) is 25.8 Å². The van der Waals surface area contributed by atoms with Crippen molar-refractivity contribution in [1.82, 2.24) is 4.90 Å². The minimum absolute atomic E-state index is 0.219. The summed E-state index contributed by atoms with van der Waals surface area (Å²) in [7, 11) is 3.90. The molecule has 0 aliphatic carbocycles. The lowest BCUT2D eigenvalue weighted by molar-refractivity contribution is 0.235. The van der Waals surface area contributed by atoms with Gasteiger partial charge in [0.25, 0.3) is 0 Å². The Morgan fingerprint density at radius 2 is 2.07 bits per heavy atom. The molecule has 82 valence electrons. The minimum atomic E-state index is 0.219. The molecule has 2 nitrogen and oxygen atoms in total. The van der Waals surface area contributed by atoms with Crippen LogP contribution in [0.15, 0.2) is 18.2 Å². The summed E-state index contributed by atoms with van der Waals surface area (Å²) in [6.07, 6.45) is 0. The number of rotatable bonds is 1. The minimum Gasteiger partial charge on any atom is -0.497 e. The van der Waals surface area contributed by atoms with Crippen LogP contribution in [0, 0.1) is 0 Å². The Labute approximate surface area is 91.9 Å². The maximum atomic E-state index is 5.29. The van der Waals surface area contributed by atoms with Crippen LogP contribution in [-0.2, 0) is 12.0 Å². The predicted octanol–water partition coefficient (Wildman–Crippen LogP) is 2.42. The van der Waals surface area contributed by atoms with Crippen molar-refractivity contribution in [3.63, 3.8) is 0 Å². The summed E-state index contributed by atoms with van der Waals surface area (Å²) in [5.74, 6) is 0.964. The number of fused-ring (bicyclic) bond motifs is 1. The van der Waals surface area contributed by atoms with E-state index in [1.54, 1.807) is 7.11 Å². The Kier molecular flexibility index (Phi) is 2.47. The number of hydrogen-bond donors (Lipinski definition) is 0. The monoisotopic (exact) mass is 205 g/mol. The average molecular weight is 205 g/mol. The molecule has 0 spiro atoms. The van der Waals surface area contributed by atoms with Crippen molar-refractivity contribution < 1.29 is 4.74 Å². The Hall–Kier alpha value is -1.02. The number of hydrogen-bond acceptors (Lipinski definition) is 2. The van der Waals surface area contributed by atoms with Gasteiger partial charge in [0.15, 0.2) is 0 Å². The fourth-order valence-corrected chi connectivity index (χ4v) is 2.56. The molecule has 1 heterocycles. The summed E-state index contributed by atoms with van der Waals surface area (Å²) in [6, 6.07) is 6.42. The lowest BCUT2D eigenvalue weighted by Gasteiger charge is -2.38. The molecule has 0 unspecified atom stereocenters. The summed E-state index contributed by atoms with van der Waals surface area (Å²) in [5, 5.41) is 0. The lowest BCUT2D eigenvalue weighted by Crippen LogP contribution is -2.39. The van der Waals surface area contributed by atoms with Crippen LogP contribution in [0.1, 0.15) is 25.0 Å². The highest BCUT2D eigenvalue weighted by Gasteiger charge is 2.30. The van der Waals surface area contributed by atoms with E-state index in [2.05, 4.69) is 37.9 Å². The third kappa shape index (κ3) is 1.86. The molecule has 15 heavy (non-hydrogen) atoms. The van der Waals surface area contributed by atoms with Crippen LogP contribution in [0.3, 0.4) is 0 Å². The first-order valence-electron chi connectivity index (χ1n) is 5.39. The van der Waals surface area contributed by atoms with E-state index >= 15 is 0 Å². The van der Waals surface area contributed by atoms with Crippen LogP contribution in [-0.4, -0.2) is 25.6 Å². The van der Waals surface area contributed by atoms with Gasteiger partial charge in [0, 0.05) is 18.5 Å². The zero-order valence-electron chi connectivity index (χ0n) is 10.0. The van der Waals surface area contributed by atoms with Gasteiger partial charge in [-0.3, -0.25) is 0 Å². The van der Waals surface area contributed by atoms with Crippen LogP contribution in [0.25, 0.3) is 0 Å². The molecule has 0 aromatic heterocycles. The van der Waals surface area contributed by atoms with Gasteiger partial charge in [-0.1, -0.05) is 19.9 Å². The number of likely N-dealkylation sites (N-methyl/N-ethyl adjacent to an activating group) is 1. The molecule has 0 amide bonds. The summed E-state index contributed by atoms with van der Waals surface area (Å²) in [4.78, 5) is 2.37. The zero-order valence-corrected chi connectivity index (χ0v) is 10.0. The summed E-state index contributed by atoms with van der Waals surface area (Å²) >= 11 is 0. The molecule has 2 heteroatoms. The molecule has 0 N–H and O–H groups in total. The van der Waals surface area contributed by atoms with E-state index in [1.165, 1.54) is 11.1 Å². The van der Waals surface area contributed by atoms with Crippen molar-refractivity contribution >= 4 is 0 Å². The molecule has 1 aliphatic heterocycles. The fraction of sp³-hybridized carbons (Fsp3) is 0.538. The summed E-state index contributed by atoms with van der Waals surface area (Å²) in [5.41, 5.74) is 3.08. The number of ether oxygens (including phenoxy) is 1. The maximum Gasteiger partial charge on any atom is 0.119 e. The van der Waals surface area contributed by atoms with Gasteiger partial charge < -0.3 is 9.64 Å². The molecule has 1 aromatic carbocycles. The van der Waals surface area contributed by atoms with Crippen LogP contribution >= 0.6 is 0 Å². The Balaban J connectivity index is 2.48. The average Bonchev–Trinajstić information content (AvgIpc) is 2.16. The molecule has 1 aromatic rings. The predicted molar refractivity (Wildman–Crippen MR) is 62.4 cm³/mol. The number of methoxy groups -OCH3 is 1. The largest absolute Gasteiger partial charge is 0.497 e. The van der Waals surface area contributed by atoms with E-state index in [0.29, 0.717) is 0 Å². The Bertz CT molecular complexity index is 371. The van der Waals surface area contributed by atoms with Crippen molar-refractivity contribution in [3.8, 4) is 5.75 Å². The van der Waals surface area contributed by atoms with Crippen LogP contribution in [0.5, 0.6) is 5.75 Å². The van der Waals surface area contributed by atoms with Crippen LogP contribution in [0.4, 0.5) is 0 Å². The molecule has 0 bridgehead atoms. The molecule has 2 rings (SSSR count). The second kappa shape index (κ2) is 3.53. The Morgan fingerprint density at radius 3 is 2.73 bits per heavy atom. The van der Waals surface area contributed by atoms with Crippen molar-refractivity contribution in [3.05, 3.63) is 29.3 Å². The SMILES string of the molecule is COc1ccc2c(c1)C(C)(C)CN(C)C2. The topological polar surface area (TPSA) is 12.5 Å². The zero-order chi connectivity index (χ0) is 11.1. The van der Waals surface area contributed by atoms with E-state index in [4.69, 9.17) is 4.74 Å². The first-order valence-corrected chi connectivity index (χ1v) is 5.39. The van der Waals surface area contributed by atoms with Gasteiger partial charge in [0.2, 0.25) is 0 Å². The fourth-order valence-electron chi connectivity index (χ4n) is 2.56. The quantitative estimate of drug-likeness (QED) is 0.698. The molecular formula is C13H19NO. The van der Waals surface area contributed by atoms with Gasteiger partial charge in [-0.25, -0.2) is 0 Å². The normalized spacial score (nSPS) is 19.7. The third-order valence-electron chi connectivity index (χ3n) is 3.15. The summed E-state index contributed by atoms with van der Waals surface area (Å²) in [6.45, 7) is 6.73. The van der Waals surface area contributed by atoms with Gasteiger partial charge in [0.1, 0.15) is 5.75 Å². The second-order valence-corrected chi connectivity index (χ2v) is 5.08. The highest BCUT2D eigenvalue weighted by molar-refractivity contribution is 5.41. The van der Waals surface area contributed by atoms with E-state index in [1.807, 2.05) is 6.07 Å². The Morgan fingerprint density at radius 1 is 1.33 bits per heavy atom. The van der Waals surface area contributed by atoms with Crippen molar-refractivity contribution in [2.75, 3.05) is 20.7 Å². The van der Waals surface area contributed by atoms with E-state index in [9.17, 15) is 0 Å². The van der Waals surface area contributed by atoms with Crippen LogP contribution < -0.4 is 4.74 Å². The molecule has 0 atom stereocenters. The molecule has 0 saturated heterocycles. The first kappa shape index (κ1) is 10.5. The molecule has 0 saturated carbocycles. The number of benzene rings is 1. The van der Waals surface area contributed by atoms with Gasteiger partial charge >= 0.3 is 0 Å². The van der Waals surface area contributed by atoms with E-state index in [-0.39, 0.29) is 5.41 Å². The van der Waals surface area contributed by atoms with Crippen molar-refractivity contribution in [1.29, 1.82) is 0 Å². The molecule has 1 aliphatic rings. The van der Waals surface area contributed by atoms with Crippen molar-refractivity contribution in [2.24, 2.45) is 0 Å². The van der Waals surface area contributed by atoms with Gasteiger partial charge in [0.05, 0.1) is 7.11 Å². The molecule has 0 fully saturated rings. The van der Waals surface area contributed by atoms with E-state index in [0.717, 1.165) is 18.8 Å². The van der Waals surface area contributed by atoms with Crippen LogP contribution in [0.2, 0.25) is 0 Å². The number of nitrogens with zero attached hydrogens (tertiary/aromatic N) is 1. The van der Waals surface area contributed by atoms with Gasteiger partial charge in [-0.2, -0.15) is 0 Å². The summed E-state index contributed by atoms with van der Waals surface area (Å²) < 4.78 is 5.29. The third-order valence-corrected chi connectivity index (χ3v) is 3.15. The van der Waals surface area contributed by atoms with Gasteiger partial charge in [-0.15, -0.1) is 0 Å². The molecule has 0 radical (unpaired) electrons.